The van der Waals surface area contributed by atoms with Gasteiger partial charge in [0, 0.05) is 23.9 Å². The van der Waals surface area contributed by atoms with E-state index in [-0.39, 0.29) is 12.3 Å². The summed E-state index contributed by atoms with van der Waals surface area (Å²) in [7, 11) is 0. The topological polar surface area (TPSA) is 90.7 Å². The van der Waals surface area contributed by atoms with Gasteiger partial charge in [-0.15, -0.1) is 0 Å². The Kier molecular flexibility index (Phi) is 5.64. The number of nitro groups is 1. The Morgan fingerprint density at radius 2 is 1.67 bits per heavy atom. The molecule has 0 heterocycles. The molecular formula is C20H16N2O5. The number of carbonyl (C=O) groups excluding carboxylic acids is 1. The third-order valence-corrected chi connectivity index (χ3v) is 3.58. The third kappa shape index (κ3) is 5.30. The minimum Gasteiger partial charge on any atom is -0.457 e. The van der Waals surface area contributed by atoms with E-state index < -0.39 is 11.0 Å². The molecule has 7 nitrogen and oxygen atoms in total. The highest BCUT2D eigenvalue weighted by Crippen LogP contribution is 2.26. The van der Waals surface area contributed by atoms with Crippen molar-refractivity contribution in [1.82, 2.24) is 0 Å². The van der Waals surface area contributed by atoms with Gasteiger partial charge in [-0.2, -0.15) is 0 Å². The monoisotopic (exact) mass is 364 g/mol. The highest BCUT2D eigenvalue weighted by Gasteiger charge is 2.07. The van der Waals surface area contributed by atoms with E-state index in [1.165, 1.54) is 24.3 Å². The Morgan fingerprint density at radius 1 is 0.926 bits per heavy atom. The van der Waals surface area contributed by atoms with Crippen LogP contribution in [0.3, 0.4) is 0 Å². The molecule has 0 radical (unpaired) electrons. The molecule has 0 fully saturated rings. The molecular weight excluding hydrogens is 348 g/mol. The zero-order chi connectivity index (χ0) is 19.1. The van der Waals surface area contributed by atoms with Crippen molar-refractivity contribution in [2.45, 2.75) is 6.61 Å². The Morgan fingerprint density at radius 3 is 2.37 bits per heavy atom. The van der Waals surface area contributed by atoms with Gasteiger partial charge in [0.2, 0.25) is 0 Å². The summed E-state index contributed by atoms with van der Waals surface area (Å²) < 4.78 is 10.8. The number of rotatable bonds is 6. The predicted octanol–water partition coefficient (Wildman–Crippen LogP) is 5.14. The number of nitrogens with zero attached hydrogens (tertiary/aromatic N) is 1. The van der Waals surface area contributed by atoms with Crippen LogP contribution in [0.1, 0.15) is 5.56 Å². The number of anilines is 1. The molecule has 0 bridgehead atoms. The first-order valence-electron chi connectivity index (χ1n) is 8.10. The van der Waals surface area contributed by atoms with Crippen LogP contribution in [0.15, 0.2) is 78.9 Å². The largest absolute Gasteiger partial charge is 0.457 e. The molecule has 1 amide bonds. The summed E-state index contributed by atoms with van der Waals surface area (Å²) in [6.07, 6.45) is -0.577. The second-order valence-electron chi connectivity index (χ2n) is 5.57. The molecule has 3 rings (SSSR count). The van der Waals surface area contributed by atoms with E-state index in [9.17, 15) is 14.9 Å². The SMILES string of the molecule is O=C(Nc1cccc(Oc2ccc([N+](=O)[O-])cc2)c1)OCc1ccccc1. The maximum atomic E-state index is 11.9. The van der Waals surface area contributed by atoms with E-state index >= 15 is 0 Å². The molecule has 0 spiro atoms. The van der Waals surface area contributed by atoms with Crippen molar-refractivity contribution >= 4 is 17.5 Å². The fourth-order valence-electron chi connectivity index (χ4n) is 2.29. The molecule has 0 aliphatic heterocycles. The summed E-state index contributed by atoms with van der Waals surface area (Å²) in [5.74, 6) is 0.925. The predicted molar refractivity (Wildman–Crippen MR) is 99.9 cm³/mol. The smallest absolute Gasteiger partial charge is 0.411 e. The number of amides is 1. The van der Waals surface area contributed by atoms with Crippen LogP contribution < -0.4 is 10.1 Å². The van der Waals surface area contributed by atoms with E-state index in [2.05, 4.69) is 5.32 Å². The standard InChI is InChI=1S/C20H16N2O5/c23-20(26-14-15-5-2-1-3-6-15)21-16-7-4-8-19(13-16)27-18-11-9-17(10-12-18)22(24)25/h1-13H,14H2,(H,21,23). The minimum absolute atomic E-state index is 0.0149. The normalized spacial score (nSPS) is 10.1. The molecule has 0 unspecified atom stereocenters. The number of hydrogen-bond acceptors (Lipinski definition) is 5. The number of ether oxygens (including phenoxy) is 2. The third-order valence-electron chi connectivity index (χ3n) is 3.58. The van der Waals surface area contributed by atoms with E-state index in [1.807, 2.05) is 30.3 Å². The number of benzene rings is 3. The Balaban J connectivity index is 1.58. The van der Waals surface area contributed by atoms with Crippen LogP contribution >= 0.6 is 0 Å². The summed E-state index contributed by atoms with van der Waals surface area (Å²) in [6.45, 7) is 0.172. The van der Waals surface area contributed by atoms with Gasteiger partial charge in [0.25, 0.3) is 5.69 Å². The highest BCUT2D eigenvalue weighted by molar-refractivity contribution is 5.84. The minimum atomic E-state index is -0.577. The first-order chi connectivity index (χ1) is 13.1. The van der Waals surface area contributed by atoms with Gasteiger partial charge in [0.05, 0.1) is 4.92 Å². The lowest BCUT2D eigenvalue weighted by Crippen LogP contribution is -2.13. The van der Waals surface area contributed by atoms with Gasteiger partial charge in [0.1, 0.15) is 18.1 Å². The number of non-ortho nitro benzene ring substituents is 1. The Bertz CT molecular complexity index is 927. The zero-order valence-corrected chi connectivity index (χ0v) is 14.2. The van der Waals surface area contributed by atoms with Gasteiger partial charge >= 0.3 is 6.09 Å². The van der Waals surface area contributed by atoms with Crippen molar-refractivity contribution in [2.24, 2.45) is 0 Å². The first-order valence-corrected chi connectivity index (χ1v) is 8.10. The molecule has 0 saturated heterocycles. The Labute approximate surface area is 155 Å². The number of nitro benzene ring substituents is 1. The van der Waals surface area contributed by atoms with E-state index in [0.717, 1.165) is 5.56 Å². The van der Waals surface area contributed by atoms with Crippen LogP contribution in [0.5, 0.6) is 11.5 Å². The first kappa shape index (κ1) is 17.9. The molecule has 0 saturated carbocycles. The van der Waals surface area contributed by atoms with E-state index in [4.69, 9.17) is 9.47 Å². The van der Waals surface area contributed by atoms with Crippen LogP contribution in [0, 0.1) is 10.1 Å². The lowest BCUT2D eigenvalue weighted by Gasteiger charge is -2.09. The second kappa shape index (κ2) is 8.48. The summed E-state index contributed by atoms with van der Waals surface area (Å²) in [4.78, 5) is 22.1. The summed E-state index contributed by atoms with van der Waals surface area (Å²) in [6, 6.07) is 21.9. The van der Waals surface area contributed by atoms with Crippen molar-refractivity contribution in [3.63, 3.8) is 0 Å². The molecule has 3 aromatic rings. The van der Waals surface area contributed by atoms with Crippen molar-refractivity contribution in [2.75, 3.05) is 5.32 Å². The van der Waals surface area contributed by atoms with Gasteiger partial charge in [-0.3, -0.25) is 15.4 Å². The van der Waals surface area contributed by atoms with Crippen LogP contribution in [0.4, 0.5) is 16.2 Å². The molecule has 27 heavy (non-hydrogen) atoms. The average molecular weight is 364 g/mol. The second-order valence-corrected chi connectivity index (χ2v) is 5.57. The van der Waals surface area contributed by atoms with Crippen molar-refractivity contribution in [3.8, 4) is 11.5 Å². The van der Waals surface area contributed by atoms with Crippen LogP contribution in [0.25, 0.3) is 0 Å². The van der Waals surface area contributed by atoms with Gasteiger partial charge in [-0.25, -0.2) is 4.79 Å². The summed E-state index contributed by atoms with van der Waals surface area (Å²) >= 11 is 0. The van der Waals surface area contributed by atoms with Gasteiger partial charge in [0.15, 0.2) is 0 Å². The lowest BCUT2D eigenvalue weighted by atomic mass is 10.2. The molecule has 3 aromatic carbocycles. The summed E-state index contributed by atoms with van der Waals surface area (Å²) in [5, 5.41) is 13.3. The van der Waals surface area contributed by atoms with Crippen LogP contribution in [-0.4, -0.2) is 11.0 Å². The number of hydrogen-bond donors (Lipinski definition) is 1. The van der Waals surface area contributed by atoms with Crippen LogP contribution in [-0.2, 0) is 11.3 Å². The molecule has 1 N–H and O–H groups in total. The molecule has 136 valence electrons. The van der Waals surface area contributed by atoms with Crippen molar-refractivity contribution in [3.05, 3.63) is 94.5 Å². The zero-order valence-electron chi connectivity index (χ0n) is 14.2. The fraction of sp³-hybridized carbons (Fsp3) is 0.0500. The molecule has 0 aliphatic carbocycles. The van der Waals surface area contributed by atoms with Crippen molar-refractivity contribution in [1.29, 1.82) is 0 Å². The van der Waals surface area contributed by atoms with Crippen molar-refractivity contribution < 1.29 is 19.2 Å². The van der Waals surface area contributed by atoms with E-state index in [0.29, 0.717) is 17.2 Å². The van der Waals surface area contributed by atoms with Gasteiger partial charge in [-0.05, 0) is 29.8 Å². The Hall–Kier alpha value is -3.87. The van der Waals surface area contributed by atoms with Gasteiger partial charge in [-0.1, -0.05) is 36.4 Å². The summed E-state index contributed by atoms with van der Waals surface area (Å²) in [5.41, 5.74) is 1.38. The lowest BCUT2D eigenvalue weighted by molar-refractivity contribution is -0.384. The van der Waals surface area contributed by atoms with Crippen LogP contribution in [0.2, 0.25) is 0 Å². The maximum absolute atomic E-state index is 11.9. The van der Waals surface area contributed by atoms with Gasteiger partial charge < -0.3 is 9.47 Å². The number of nitrogens with one attached hydrogen (secondary N) is 1. The fourth-order valence-corrected chi connectivity index (χ4v) is 2.29. The highest BCUT2D eigenvalue weighted by atomic mass is 16.6. The van der Waals surface area contributed by atoms with E-state index in [1.54, 1.807) is 24.3 Å². The molecule has 0 aromatic heterocycles. The molecule has 0 aliphatic rings. The quantitative estimate of drug-likeness (QED) is 0.483. The molecule has 0 atom stereocenters. The molecule has 7 heteroatoms. The number of carbonyl (C=O) groups is 1. The average Bonchev–Trinajstić information content (AvgIpc) is 2.68. The maximum Gasteiger partial charge on any atom is 0.411 e.